The molecule has 16 heavy (non-hydrogen) atoms. The Kier molecular flexibility index (Phi) is 2.52. The van der Waals surface area contributed by atoms with Crippen LogP contribution < -0.4 is 0 Å². The standard InChI is InChI=1S/C13H13NO2/c1-9(7-13(15)16)11-8-14(2)12-6-4-3-5-10(11)12/h3-6,8H,1,7H2,2H3,(H,15,16). The van der Waals surface area contributed by atoms with Crippen LogP contribution in [0.15, 0.2) is 37.0 Å². The Bertz CT molecular complexity index is 566. The average molecular weight is 215 g/mol. The molecule has 0 spiro atoms. The molecule has 0 amide bonds. The van der Waals surface area contributed by atoms with Gasteiger partial charge >= 0.3 is 5.97 Å². The highest BCUT2D eigenvalue weighted by molar-refractivity contribution is 5.96. The highest BCUT2D eigenvalue weighted by atomic mass is 16.4. The van der Waals surface area contributed by atoms with Gasteiger partial charge in [-0.1, -0.05) is 24.8 Å². The van der Waals surface area contributed by atoms with E-state index in [1.165, 1.54) is 0 Å². The molecule has 0 saturated carbocycles. The maximum Gasteiger partial charge on any atom is 0.307 e. The van der Waals surface area contributed by atoms with E-state index in [9.17, 15) is 4.79 Å². The summed E-state index contributed by atoms with van der Waals surface area (Å²) in [5, 5.41) is 9.81. The number of nitrogens with zero attached hydrogens (tertiary/aromatic N) is 1. The predicted molar refractivity (Wildman–Crippen MR) is 64.2 cm³/mol. The number of rotatable bonds is 3. The second-order valence-corrected chi connectivity index (χ2v) is 3.84. The van der Waals surface area contributed by atoms with Crippen LogP contribution in [0, 0.1) is 0 Å². The fourth-order valence-corrected chi connectivity index (χ4v) is 1.90. The van der Waals surface area contributed by atoms with Crippen molar-refractivity contribution in [3.63, 3.8) is 0 Å². The van der Waals surface area contributed by atoms with Gasteiger partial charge in [-0.2, -0.15) is 0 Å². The molecule has 2 aromatic rings. The fraction of sp³-hybridized carbons (Fsp3) is 0.154. The molecule has 0 atom stereocenters. The van der Waals surface area contributed by atoms with Gasteiger partial charge in [0.25, 0.3) is 0 Å². The lowest BCUT2D eigenvalue weighted by atomic mass is 10.0. The SMILES string of the molecule is C=C(CC(=O)O)c1cn(C)c2ccccc12. The molecular weight excluding hydrogens is 202 g/mol. The van der Waals surface area contributed by atoms with Crippen molar-refractivity contribution in [2.24, 2.45) is 7.05 Å². The van der Waals surface area contributed by atoms with Crippen LogP contribution in [0.25, 0.3) is 16.5 Å². The van der Waals surface area contributed by atoms with Gasteiger partial charge in [0.05, 0.1) is 6.42 Å². The van der Waals surface area contributed by atoms with E-state index < -0.39 is 5.97 Å². The van der Waals surface area contributed by atoms with Gasteiger partial charge in [-0.3, -0.25) is 4.79 Å². The van der Waals surface area contributed by atoms with E-state index in [0.717, 1.165) is 16.5 Å². The van der Waals surface area contributed by atoms with Gasteiger partial charge in [-0.15, -0.1) is 0 Å². The van der Waals surface area contributed by atoms with Crippen LogP contribution >= 0.6 is 0 Å². The third-order valence-corrected chi connectivity index (χ3v) is 2.64. The summed E-state index contributed by atoms with van der Waals surface area (Å²) in [7, 11) is 1.94. The van der Waals surface area contributed by atoms with Gasteiger partial charge in [0, 0.05) is 29.7 Å². The fourth-order valence-electron chi connectivity index (χ4n) is 1.90. The molecule has 1 aromatic carbocycles. The monoisotopic (exact) mass is 215 g/mol. The predicted octanol–water partition coefficient (Wildman–Crippen LogP) is 2.67. The van der Waals surface area contributed by atoms with Gasteiger partial charge in [0.1, 0.15) is 0 Å². The van der Waals surface area contributed by atoms with Crippen molar-refractivity contribution in [2.45, 2.75) is 6.42 Å². The van der Waals surface area contributed by atoms with Crippen molar-refractivity contribution in [1.29, 1.82) is 0 Å². The Morgan fingerprint density at radius 3 is 2.81 bits per heavy atom. The Morgan fingerprint density at radius 2 is 2.12 bits per heavy atom. The first-order chi connectivity index (χ1) is 7.59. The second-order valence-electron chi connectivity index (χ2n) is 3.84. The van der Waals surface area contributed by atoms with Crippen molar-refractivity contribution in [2.75, 3.05) is 0 Å². The Morgan fingerprint density at radius 1 is 1.44 bits per heavy atom. The molecule has 1 heterocycles. The van der Waals surface area contributed by atoms with Crippen LogP contribution in [-0.4, -0.2) is 15.6 Å². The van der Waals surface area contributed by atoms with E-state index in [2.05, 4.69) is 6.58 Å². The minimum Gasteiger partial charge on any atom is -0.481 e. The van der Waals surface area contributed by atoms with Gasteiger partial charge in [0.2, 0.25) is 0 Å². The van der Waals surface area contributed by atoms with E-state index in [1.54, 1.807) is 0 Å². The average Bonchev–Trinajstić information content (AvgIpc) is 2.56. The molecule has 0 bridgehead atoms. The molecule has 0 aliphatic rings. The molecular formula is C13H13NO2. The largest absolute Gasteiger partial charge is 0.481 e. The summed E-state index contributed by atoms with van der Waals surface area (Å²) in [6, 6.07) is 7.90. The molecule has 2 rings (SSSR count). The minimum absolute atomic E-state index is 0.0198. The smallest absolute Gasteiger partial charge is 0.307 e. The van der Waals surface area contributed by atoms with Crippen LogP contribution in [0.3, 0.4) is 0 Å². The van der Waals surface area contributed by atoms with Crippen LogP contribution in [0.5, 0.6) is 0 Å². The summed E-state index contributed by atoms with van der Waals surface area (Å²) in [5.74, 6) is -0.849. The van der Waals surface area contributed by atoms with E-state index in [0.29, 0.717) is 5.57 Å². The lowest BCUT2D eigenvalue weighted by Gasteiger charge is -1.99. The minimum atomic E-state index is -0.849. The topological polar surface area (TPSA) is 42.2 Å². The number of carboxylic acid groups (broad SMARTS) is 1. The molecule has 0 saturated heterocycles. The quantitative estimate of drug-likeness (QED) is 0.855. The summed E-state index contributed by atoms with van der Waals surface area (Å²) in [4.78, 5) is 10.7. The van der Waals surface area contributed by atoms with Gasteiger partial charge in [-0.25, -0.2) is 0 Å². The summed E-state index contributed by atoms with van der Waals surface area (Å²) < 4.78 is 1.98. The van der Waals surface area contributed by atoms with E-state index in [4.69, 9.17) is 5.11 Å². The number of para-hydroxylation sites is 1. The normalized spacial score (nSPS) is 10.6. The Hall–Kier alpha value is -2.03. The van der Waals surface area contributed by atoms with Gasteiger partial charge in [-0.05, 0) is 11.6 Å². The zero-order chi connectivity index (χ0) is 11.7. The number of aryl methyl sites for hydroxylation is 1. The molecule has 1 aromatic heterocycles. The second kappa shape index (κ2) is 3.85. The number of carbonyl (C=O) groups is 1. The summed E-state index contributed by atoms with van der Waals surface area (Å²) in [6.45, 7) is 3.83. The Labute approximate surface area is 93.6 Å². The van der Waals surface area contributed by atoms with Crippen LogP contribution in [-0.2, 0) is 11.8 Å². The van der Waals surface area contributed by atoms with E-state index in [1.807, 2.05) is 42.1 Å². The van der Waals surface area contributed by atoms with Crippen LogP contribution in [0.1, 0.15) is 12.0 Å². The molecule has 0 fully saturated rings. The molecule has 0 aliphatic carbocycles. The van der Waals surface area contributed by atoms with Crippen molar-refractivity contribution >= 4 is 22.4 Å². The highest BCUT2D eigenvalue weighted by Crippen LogP contribution is 2.27. The molecule has 82 valence electrons. The maximum absolute atomic E-state index is 10.7. The summed E-state index contributed by atoms with van der Waals surface area (Å²) in [5.41, 5.74) is 2.65. The van der Waals surface area contributed by atoms with Crippen molar-refractivity contribution in [3.8, 4) is 0 Å². The summed E-state index contributed by atoms with van der Waals surface area (Å²) >= 11 is 0. The summed E-state index contributed by atoms with van der Waals surface area (Å²) in [6.07, 6.45) is 1.91. The van der Waals surface area contributed by atoms with E-state index in [-0.39, 0.29) is 6.42 Å². The maximum atomic E-state index is 10.7. The van der Waals surface area contributed by atoms with E-state index >= 15 is 0 Å². The zero-order valence-electron chi connectivity index (χ0n) is 9.10. The molecule has 1 N–H and O–H groups in total. The highest BCUT2D eigenvalue weighted by Gasteiger charge is 2.10. The number of fused-ring (bicyclic) bond motifs is 1. The molecule has 0 radical (unpaired) electrons. The van der Waals surface area contributed by atoms with Gasteiger partial charge in [0.15, 0.2) is 0 Å². The third kappa shape index (κ3) is 1.72. The number of hydrogen-bond donors (Lipinski definition) is 1. The van der Waals surface area contributed by atoms with Crippen molar-refractivity contribution in [1.82, 2.24) is 4.57 Å². The lowest BCUT2D eigenvalue weighted by Crippen LogP contribution is -1.95. The third-order valence-electron chi connectivity index (χ3n) is 2.64. The molecule has 3 nitrogen and oxygen atoms in total. The lowest BCUT2D eigenvalue weighted by molar-refractivity contribution is -0.135. The van der Waals surface area contributed by atoms with Crippen LogP contribution in [0.2, 0.25) is 0 Å². The number of hydrogen-bond acceptors (Lipinski definition) is 1. The first-order valence-electron chi connectivity index (χ1n) is 5.03. The number of aliphatic carboxylic acids is 1. The molecule has 0 aliphatic heterocycles. The number of benzene rings is 1. The van der Waals surface area contributed by atoms with Crippen molar-refractivity contribution < 1.29 is 9.90 Å². The first-order valence-corrected chi connectivity index (χ1v) is 5.03. The molecule has 0 unspecified atom stereocenters. The van der Waals surface area contributed by atoms with Gasteiger partial charge < -0.3 is 9.67 Å². The number of aromatic nitrogens is 1. The Balaban J connectivity index is 2.53. The zero-order valence-corrected chi connectivity index (χ0v) is 9.10. The molecule has 3 heteroatoms. The van der Waals surface area contributed by atoms with Crippen molar-refractivity contribution in [3.05, 3.63) is 42.6 Å². The number of carboxylic acids is 1. The first kappa shape index (κ1) is 10.5. The van der Waals surface area contributed by atoms with Crippen LogP contribution in [0.4, 0.5) is 0 Å².